The van der Waals surface area contributed by atoms with Gasteiger partial charge in [-0.15, -0.1) is 4.89 Å². The van der Waals surface area contributed by atoms with Gasteiger partial charge in [0.15, 0.2) is 0 Å². The topological polar surface area (TPSA) is 82.1 Å². The lowest BCUT2D eigenvalue weighted by molar-refractivity contribution is -0.329. The van der Waals surface area contributed by atoms with Gasteiger partial charge in [-0.05, 0) is 25.5 Å². The third-order valence-electron chi connectivity index (χ3n) is 5.29. The van der Waals surface area contributed by atoms with Crippen LogP contribution in [0.25, 0.3) is 0 Å². The Morgan fingerprint density at radius 1 is 0.806 bits per heavy atom. The van der Waals surface area contributed by atoms with Gasteiger partial charge in [0.1, 0.15) is 0 Å². The Hall–Kier alpha value is -2.08. The van der Waals surface area contributed by atoms with Crippen LogP contribution in [0.2, 0.25) is 0 Å². The van der Waals surface area contributed by atoms with Gasteiger partial charge in [-0.3, -0.25) is 4.89 Å². The highest BCUT2D eigenvalue weighted by molar-refractivity contribution is 5.88. The van der Waals surface area contributed by atoms with Gasteiger partial charge < -0.3 is 9.84 Å². The largest absolute Gasteiger partial charge is 0.508 e. The van der Waals surface area contributed by atoms with E-state index >= 15 is 0 Å². The highest BCUT2D eigenvalue weighted by Crippen LogP contribution is 2.15. The van der Waals surface area contributed by atoms with Gasteiger partial charge in [0, 0.05) is 6.42 Å². The minimum atomic E-state index is -1.45. The van der Waals surface area contributed by atoms with Gasteiger partial charge in [-0.2, -0.15) is 0 Å². The molecule has 0 spiro atoms. The molecule has 0 radical (unpaired) electrons. The zero-order chi connectivity index (χ0) is 22.7. The summed E-state index contributed by atoms with van der Waals surface area (Å²) in [6, 6.07) is 6.83. The smallest absolute Gasteiger partial charge is 0.450 e. The van der Waals surface area contributed by atoms with Gasteiger partial charge in [-0.25, -0.2) is 9.59 Å². The van der Waals surface area contributed by atoms with Gasteiger partial charge in [0.05, 0.1) is 5.56 Å². The number of ether oxygens (including phenoxy) is 1. The summed E-state index contributed by atoms with van der Waals surface area (Å²) in [4.78, 5) is 32.6. The van der Waals surface area contributed by atoms with Crippen molar-refractivity contribution >= 4 is 12.1 Å². The summed E-state index contributed by atoms with van der Waals surface area (Å²) in [6.07, 6.45) is 13.7. The first-order chi connectivity index (χ1) is 15.0. The van der Waals surface area contributed by atoms with Crippen LogP contribution in [-0.2, 0) is 14.5 Å². The molecule has 6 nitrogen and oxygen atoms in total. The van der Waals surface area contributed by atoms with E-state index in [1.165, 1.54) is 64.2 Å². The summed E-state index contributed by atoms with van der Waals surface area (Å²) < 4.78 is 4.68. The molecule has 6 heteroatoms. The Morgan fingerprint density at radius 3 is 1.77 bits per heavy atom. The molecule has 1 aromatic carbocycles. The summed E-state index contributed by atoms with van der Waals surface area (Å²) in [5, 5.41) is 8.86. The second-order valence-corrected chi connectivity index (χ2v) is 8.18. The van der Waals surface area contributed by atoms with Crippen LogP contribution in [0.3, 0.4) is 0 Å². The number of hydrogen-bond acceptors (Lipinski definition) is 5. The molecule has 0 amide bonds. The highest BCUT2D eigenvalue weighted by atomic mass is 17.2. The Kier molecular flexibility index (Phi) is 15.3. The van der Waals surface area contributed by atoms with E-state index in [0.717, 1.165) is 24.8 Å². The fourth-order valence-corrected chi connectivity index (χ4v) is 3.40. The zero-order valence-corrected chi connectivity index (χ0v) is 19.3. The van der Waals surface area contributed by atoms with E-state index < -0.39 is 18.4 Å². The molecule has 1 atom stereocenters. The molecule has 1 rings (SSSR count). The van der Waals surface area contributed by atoms with Crippen molar-refractivity contribution in [3.05, 3.63) is 35.4 Å². The predicted molar refractivity (Wildman–Crippen MR) is 121 cm³/mol. The predicted octanol–water partition coefficient (Wildman–Crippen LogP) is 7.59. The van der Waals surface area contributed by atoms with Crippen molar-refractivity contribution in [3.63, 3.8) is 0 Å². The summed E-state index contributed by atoms with van der Waals surface area (Å²) in [6.45, 7) is 4.16. The second-order valence-electron chi connectivity index (χ2n) is 8.18. The van der Waals surface area contributed by atoms with E-state index in [0.29, 0.717) is 12.0 Å². The van der Waals surface area contributed by atoms with Gasteiger partial charge >= 0.3 is 12.1 Å². The van der Waals surface area contributed by atoms with E-state index in [4.69, 9.17) is 14.9 Å². The molecule has 1 unspecified atom stereocenters. The molecule has 0 heterocycles. The summed E-state index contributed by atoms with van der Waals surface area (Å²) >= 11 is 0. The molecule has 0 aromatic heterocycles. The summed E-state index contributed by atoms with van der Waals surface area (Å²) in [5.41, 5.74) is 1.35. The fraction of sp³-hybridized carbons (Fsp3) is 0.680. The van der Waals surface area contributed by atoms with Gasteiger partial charge in [0.2, 0.25) is 6.29 Å². The van der Waals surface area contributed by atoms with Crippen molar-refractivity contribution in [1.29, 1.82) is 0 Å². The Morgan fingerprint density at radius 2 is 1.29 bits per heavy atom. The lowest BCUT2D eigenvalue weighted by atomic mass is 10.0. The van der Waals surface area contributed by atoms with Crippen LogP contribution in [0.4, 0.5) is 4.79 Å². The van der Waals surface area contributed by atoms with Gasteiger partial charge in [-0.1, -0.05) is 102 Å². The maximum Gasteiger partial charge on any atom is 0.508 e. The Balaban J connectivity index is 2.10. The number of aryl methyl sites for hydroxylation is 1. The molecule has 31 heavy (non-hydrogen) atoms. The van der Waals surface area contributed by atoms with Crippen molar-refractivity contribution in [2.45, 2.75) is 110 Å². The third kappa shape index (κ3) is 14.5. The molecule has 0 bridgehead atoms. The van der Waals surface area contributed by atoms with Crippen LogP contribution >= 0.6 is 0 Å². The maximum atomic E-state index is 12.0. The molecule has 0 saturated heterocycles. The first-order valence-electron chi connectivity index (χ1n) is 11.9. The quantitative estimate of drug-likeness (QED) is 0.0839. The minimum absolute atomic E-state index is 0.334. The van der Waals surface area contributed by atoms with Crippen molar-refractivity contribution in [3.8, 4) is 0 Å². The van der Waals surface area contributed by atoms with Crippen molar-refractivity contribution in [2.75, 3.05) is 0 Å². The Bertz CT molecular complexity index is 599. The molecule has 0 aliphatic heterocycles. The standard InChI is InChI=1S/C25H40O6/c1-3-4-5-6-7-8-9-10-11-12-13-14-15-16-23(29-25(27)28)30-31-24(26)22-19-17-21(2)18-20-22/h17-20,23H,3-16H2,1-2H3,(H,27,28). The minimum Gasteiger partial charge on any atom is -0.450 e. The number of hydrogen-bond donors (Lipinski definition) is 1. The lowest BCUT2D eigenvalue weighted by Crippen LogP contribution is -2.22. The van der Waals surface area contributed by atoms with Crippen LogP contribution in [0, 0.1) is 6.92 Å². The van der Waals surface area contributed by atoms with Crippen LogP contribution < -0.4 is 0 Å². The number of unbranched alkanes of at least 4 members (excludes halogenated alkanes) is 12. The van der Waals surface area contributed by atoms with Crippen molar-refractivity contribution in [2.24, 2.45) is 0 Å². The molecular formula is C25H40O6. The molecule has 0 fully saturated rings. The van der Waals surface area contributed by atoms with Crippen molar-refractivity contribution < 1.29 is 29.2 Å². The molecule has 0 aliphatic carbocycles. The number of carbonyl (C=O) groups excluding carboxylic acids is 1. The molecule has 1 aromatic rings. The average Bonchev–Trinajstić information content (AvgIpc) is 2.75. The highest BCUT2D eigenvalue weighted by Gasteiger charge is 2.18. The van der Waals surface area contributed by atoms with E-state index in [1.54, 1.807) is 24.3 Å². The number of carboxylic acid groups (broad SMARTS) is 1. The molecular weight excluding hydrogens is 396 g/mol. The average molecular weight is 437 g/mol. The summed E-state index contributed by atoms with van der Waals surface area (Å²) in [5.74, 6) is -0.677. The number of benzene rings is 1. The third-order valence-corrected chi connectivity index (χ3v) is 5.29. The molecule has 176 valence electrons. The fourth-order valence-electron chi connectivity index (χ4n) is 3.40. The van der Waals surface area contributed by atoms with Crippen molar-refractivity contribution in [1.82, 2.24) is 0 Å². The SMILES string of the molecule is CCCCCCCCCCCCCCCC(OOC(=O)c1ccc(C)cc1)OC(=O)O. The number of carbonyl (C=O) groups is 2. The maximum absolute atomic E-state index is 12.0. The van der Waals surface area contributed by atoms with E-state index in [9.17, 15) is 9.59 Å². The first kappa shape index (κ1) is 27.0. The van der Waals surface area contributed by atoms with Crippen LogP contribution in [-0.4, -0.2) is 23.5 Å². The van der Waals surface area contributed by atoms with Crippen LogP contribution in [0.15, 0.2) is 24.3 Å². The molecule has 1 N–H and O–H groups in total. The normalized spacial score (nSPS) is 11.8. The van der Waals surface area contributed by atoms with Crippen LogP contribution in [0.5, 0.6) is 0 Å². The molecule has 0 aliphatic rings. The van der Waals surface area contributed by atoms with E-state index in [2.05, 4.69) is 11.7 Å². The van der Waals surface area contributed by atoms with Crippen LogP contribution in [0.1, 0.15) is 113 Å². The Labute approximate surface area is 187 Å². The number of rotatable bonds is 18. The molecule has 0 saturated carbocycles. The van der Waals surface area contributed by atoms with E-state index in [-0.39, 0.29) is 0 Å². The lowest BCUT2D eigenvalue weighted by Gasteiger charge is -2.14. The summed E-state index contributed by atoms with van der Waals surface area (Å²) in [7, 11) is 0. The van der Waals surface area contributed by atoms with E-state index in [1.807, 2.05) is 6.92 Å². The zero-order valence-electron chi connectivity index (χ0n) is 19.3. The monoisotopic (exact) mass is 436 g/mol. The van der Waals surface area contributed by atoms with Gasteiger partial charge in [0.25, 0.3) is 0 Å². The first-order valence-corrected chi connectivity index (χ1v) is 11.9. The second kappa shape index (κ2) is 17.6.